The molecule has 0 radical (unpaired) electrons. The Kier molecular flexibility index (Phi) is 3.62. The van der Waals surface area contributed by atoms with Crippen LogP contribution in [-0.4, -0.2) is 30.7 Å². The number of para-hydroxylation sites is 1. The fourth-order valence-electron chi connectivity index (χ4n) is 2.34. The van der Waals surface area contributed by atoms with E-state index in [9.17, 15) is 0 Å². The van der Waals surface area contributed by atoms with E-state index in [0.29, 0.717) is 0 Å². The van der Waals surface area contributed by atoms with Crippen LogP contribution in [0.5, 0.6) is 0 Å². The summed E-state index contributed by atoms with van der Waals surface area (Å²) in [6.45, 7) is 3.21. The first-order valence-electron chi connectivity index (χ1n) is 6.92. The van der Waals surface area contributed by atoms with Crippen molar-refractivity contribution in [2.45, 2.75) is 25.3 Å². The minimum Gasteiger partial charge on any atom is -0.361 e. The molecule has 18 heavy (non-hydrogen) atoms. The number of hydrogen-bond donors (Lipinski definition) is 3. The van der Waals surface area contributed by atoms with Gasteiger partial charge in [-0.25, -0.2) is 0 Å². The Morgan fingerprint density at radius 1 is 1.11 bits per heavy atom. The molecule has 3 heteroatoms. The average molecular weight is 243 g/mol. The van der Waals surface area contributed by atoms with Gasteiger partial charge in [-0.05, 0) is 37.4 Å². The van der Waals surface area contributed by atoms with Crippen LogP contribution in [0.4, 0.5) is 0 Å². The minimum absolute atomic E-state index is 0.820. The SMILES string of the molecule is c1ccc2c(CCNCCNC3CC3)c[nH]c2c1. The van der Waals surface area contributed by atoms with Gasteiger partial charge in [-0.15, -0.1) is 0 Å². The summed E-state index contributed by atoms with van der Waals surface area (Å²) in [5.74, 6) is 0. The zero-order valence-corrected chi connectivity index (χ0v) is 10.7. The highest BCUT2D eigenvalue weighted by Gasteiger charge is 2.19. The fraction of sp³-hybridized carbons (Fsp3) is 0.467. The molecule has 1 saturated carbocycles. The predicted molar refractivity (Wildman–Crippen MR) is 75.9 cm³/mol. The summed E-state index contributed by atoms with van der Waals surface area (Å²) >= 11 is 0. The van der Waals surface area contributed by atoms with E-state index in [0.717, 1.165) is 32.1 Å². The molecule has 1 heterocycles. The first-order chi connectivity index (χ1) is 8.93. The van der Waals surface area contributed by atoms with Crippen molar-refractivity contribution in [1.29, 1.82) is 0 Å². The van der Waals surface area contributed by atoms with Crippen LogP contribution in [0.25, 0.3) is 10.9 Å². The number of rotatable bonds is 7. The molecule has 3 N–H and O–H groups in total. The van der Waals surface area contributed by atoms with Gasteiger partial charge >= 0.3 is 0 Å². The maximum absolute atomic E-state index is 3.51. The molecule has 1 aromatic carbocycles. The van der Waals surface area contributed by atoms with Crippen LogP contribution in [0.3, 0.4) is 0 Å². The molecule has 3 rings (SSSR count). The molecule has 0 spiro atoms. The molecule has 1 aliphatic carbocycles. The Morgan fingerprint density at radius 2 is 2.00 bits per heavy atom. The number of aromatic nitrogens is 1. The summed E-state index contributed by atoms with van der Waals surface area (Å²) in [4.78, 5) is 3.32. The lowest BCUT2D eigenvalue weighted by Crippen LogP contribution is -2.29. The molecule has 0 aliphatic heterocycles. The summed E-state index contributed by atoms with van der Waals surface area (Å²) in [5.41, 5.74) is 2.65. The van der Waals surface area contributed by atoms with Gasteiger partial charge in [0.1, 0.15) is 0 Å². The van der Waals surface area contributed by atoms with Crippen molar-refractivity contribution in [3.8, 4) is 0 Å². The zero-order valence-electron chi connectivity index (χ0n) is 10.7. The third-order valence-electron chi connectivity index (χ3n) is 3.56. The molecule has 0 saturated heterocycles. The van der Waals surface area contributed by atoms with Crippen molar-refractivity contribution in [1.82, 2.24) is 15.6 Å². The molecule has 1 aromatic heterocycles. The van der Waals surface area contributed by atoms with E-state index in [1.807, 2.05) is 0 Å². The molecule has 0 unspecified atom stereocenters. The van der Waals surface area contributed by atoms with Gasteiger partial charge in [0.05, 0.1) is 0 Å². The molecule has 1 aliphatic rings. The third-order valence-corrected chi connectivity index (χ3v) is 3.56. The van der Waals surface area contributed by atoms with Gasteiger partial charge in [0.15, 0.2) is 0 Å². The number of aromatic amines is 1. The number of fused-ring (bicyclic) bond motifs is 1. The summed E-state index contributed by atoms with van der Waals surface area (Å²) < 4.78 is 0. The summed E-state index contributed by atoms with van der Waals surface area (Å²) in [6, 6.07) is 9.32. The lowest BCUT2D eigenvalue weighted by atomic mass is 10.1. The monoisotopic (exact) mass is 243 g/mol. The third kappa shape index (κ3) is 2.92. The van der Waals surface area contributed by atoms with Gasteiger partial charge in [0, 0.05) is 36.2 Å². The van der Waals surface area contributed by atoms with Crippen LogP contribution in [0, 0.1) is 0 Å². The summed E-state index contributed by atoms with van der Waals surface area (Å²) in [7, 11) is 0. The highest BCUT2D eigenvalue weighted by Crippen LogP contribution is 2.18. The first kappa shape index (κ1) is 11.8. The second kappa shape index (κ2) is 5.55. The maximum Gasteiger partial charge on any atom is 0.0456 e. The lowest BCUT2D eigenvalue weighted by Gasteiger charge is -2.05. The quantitative estimate of drug-likeness (QED) is 0.651. The molecule has 96 valence electrons. The number of benzene rings is 1. The summed E-state index contributed by atoms with van der Waals surface area (Å²) in [6.07, 6.45) is 5.97. The molecular weight excluding hydrogens is 222 g/mol. The van der Waals surface area contributed by atoms with E-state index in [2.05, 4.69) is 46.1 Å². The van der Waals surface area contributed by atoms with Crippen molar-refractivity contribution in [2.24, 2.45) is 0 Å². The maximum atomic E-state index is 3.51. The minimum atomic E-state index is 0.820. The first-order valence-corrected chi connectivity index (χ1v) is 6.92. The highest BCUT2D eigenvalue weighted by molar-refractivity contribution is 5.83. The van der Waals surface area contributed by atoms with Gasteiger partial charge in [-0.3, -0.25) is 0 Å². The Balaban J connectivity index is 1.41. The normalized spacial score (nSPS) is 15.3. The fourth-order valence-corrected chi connectivity index (χ4v) is 2.34. The second-order valence-electron chi connectivity index (χ2n) is 5.09. The Morgan fingerprint density at radius 3 is 2.89 bits per heavy atom. The van der Waals surface area contributed by atoms with E-state index < -0.39 is 0 Å². The van der Waals surface area contributed by atoms with Crippen LogP contribution >= 0.6 is 0 Å². The van der Waals surface area contributed by atoms with Crippen molar-refractivity contribution in [3.63, 3.8) is 0 Å². The van der Waals surface area contributed by atoms with E-state index in [1.54, 1.807) is 0 Å². The van der Waals surface area contributed by atoms with Crippen LogP contribution in [0.2, 0.25) is 0 Å². The highest BCUT2D eigenvalue weighted by atomic mass is 15.0. The van der Waals surface area contributed by atoms with Crippen molar-refractivity contribution < 1.29 is 0 Å². The molecule has 0 bridgehead atoms. The standard InChI is InChI=1S/C15H21N3/c1-2-4-15-14(3-1)12(11-18-15)7-8-16-9-10-17-13-5-6-13/h1-4,11,13,16-18H,5-10H2. The molecule has 1 fully saturated rings. The molecule has 0 atom stereocenters. The number of H-pyrrole nitrogens is 1. The molecule has 2 aromatic rings. The Labute approximate surface area is 108 Å². The Bertz CT molecular complexity index is 499. The van der Waals surface area contributed by atoms with Gasteiger partial charge in [0.2, 0.25) is 0 Å². The topological polar surface area (TPSA) is 39.8 Å². The number of nitrogens with one attached hydrogen (secondary N) is 3. The zero-order chi connectivity index (χ0) is 12.2. The van der Waals surface area contributed by atoms with E-state index in [1.165, 1.54) is 29.3 Å². The molecule has 0 amide bonds. The van der Waals surface area contributed by atoms with E-state index in [4.69, 9.17) is 0 Å². The van der Waals surface area contributed by atoms with Crippen LogP contribution < -0.4 is 10.6 Å². The van der Waals surface area contributed by atoms with Gasteiger partial charge in [-0.1, -0.05) is 18.2 Å². The largest absolute Gasteiger partial charge is 0.361 e. The van der Waals surface area contributed by atoms with Crippen molar-refractivity contribution in [2.75, 3.05) is 19.6 Å². The molecular formula is C15H21N3. The van der Waals surface area contributed by atoms with E-state index >= 15 is 0 Å². The average Bonchev–Trinajstić information content (AvgIpc) is 3.14. The summed E-state index contributed by atoms with van der Waals surface area (Å²) in [5, 5.41) is 8.36. The Hall–Kier alpha value is -1.32. The van der Waals surface area contributed by atoms with Gasteiger partial charge in [0.25, 0.3) is 0 Å². The molecule has 3 nitrogen and oxygen atoms in total. The number of hydrogen-bond acceptors (Lipinski definition) is 2. The van der Waals surface area contributed by atoms with Crippen molar-refractivity contribution in [3.05, 3.63) is 36.0 Å². The lowest BCUT2D eigenvalue weighted by molar-refractivity contribution is 0.609. The van der Waals surface area contributed by atoms with Gasteiger partial charge in [-0.2, -0.15) is 0 Å². The predicted octanol–water partition coefficient (Wildman–Crippen LogP) is 2.05. The van der Waals surface area contributed by atoms with Crippen LogP contribution in [0.15, 0.2) is 30.5 Å². The second-order valence-corrected chi connectivity index (χ2v) is 5.09. The van der Waals surface area contributed by atoms with E-state index in [-0.39, 0.29) is 0 Å². The van der Waals surface area contributed by atoms with Crippen molar-refractivity contribution >= 4 is 10.9 Å². The smallest absolute Gasteiger partial charge is 0.0456 e. The van der Waals surface area contributed by atoms with Crippen LogP contribution in [0.1, 0.15) is 18.4 Å². The van der Waals surface area contributed by atoms with Crippen LogP contribution in [-0.2, 0) is 6.42 Å². The van der Waals surface area contributed by atoms with Gasteiger partial charge < -0.3 is 15.6 Å².